The number of nitrogens with zero attached hydrogens (tertiary/aromatic N) is 2. The average Bonchev–Trinajstić information content (AvgIpc) is 3.24. The molecule has 1 aliphatic carbocycles. The maximum absolute atomic E-state index is 13.6. The van der Waals surface area contributed by atoms with Crippen LogP contribution < -0.4 is 15.4 Å². The van der Waals surface area contributed by atoms with E-state index in [1.165, 1.54) is 18.2 Å². The third kappa shape index (κ3) is 7.86. The maximum Gasteiger partial charge on any atom is 0.406 e. The molecule has 0 spiro atoms. The summed E-state index contributed by atoms with van der Waals surface area (Å²) in [6, 6.07) is 11.7. The smallest absolute Gasteiger partial charge is 0.406 e. The molecule has 1 heterocycles. The predicted molar refractivity (Wildman–Crippen MR) is 153 cm³/mol. The number of hydrogen-bond donors (Lipinski definition) is 2. The molecular weight excluding hydrogens is 560 g/mol. The highest BCUT2D eigenvalue weighted by Crippen LogP contribution is 2.33. The van der Waals surface area contributed by atoms with Crippen molar-refractivity contribution in [2.45, 2.75) is 55.4 Å². The Kier molecular flexibility index (Phi) is 9.39. The van der Waals surface area contributed by atoms with Crippen molar-refractivity contribution in [3.8, 4) is 17.6 Å². The number of ether oxygens (including phenoxy) is 1. The second-order valence-corrected chi connectivity index (χ2v) is 12.4. The Bertz CT molecular complexity index is 1530. The van der Waals surface area contributed by atoms with E-state index in [0.29, 0.717) is 22.6 Å². The van der Waals surface area contributed by atoms with Gasteiger partial charge in [0.1, 0.15) is 12.3 Å². The summed E-state index contributed by atoms with van der Waals surface area (Å²) in [5, 5.41) is 7.13. The first-order valence-electron chi connectivity index (χ1n) is 13.2. The highest BCUT2D eigenvalue weighted by molar-refractivity contribution is 7.90. The lowest BCUT2D eigenvalue weighted by molar-refractivity contribution is -0.140. The van der Waals surface area contributed by atoms with Crippen LogP contribution in [0.3, 0.4) is 0 Å². The fourth-order valence-corrected chi connectivity index (χ4v) is 5.79. The number of rotatable bonds is 9. The van der Waals surface area contributed by atoms with Crippen LogP contribution in [0.25, 0.3) is 10.9 Å². The van der Waals surface area contributed by atoms with E-state index >= 15 is 0 Å². The van der Waals surface area contributed by atoms with E-state index in [4.69, 9.17) is 4.74 Å². The number of aromatic nitrogens is 1. The molecule has 0 unspecified atom stereocenters. The number of alkyl halides is 4. The molecule has 2 aromatic carbocycles. The predicted octanol–water partition coefficient (Wildman–Crippen LogP) is 5.66. The van der Waals surface area contributed by atoms with Gasteiger partial charge in [0, 0.05) is 35.5 Å². The molecule has 0 amide bonds. The first-order valence-corrected chi connectivity index (χ1v) is 15.1. The molecule has 1 fully saturated rings. The van der Waals surface area contributed by atoms with E-state index in [2.05, 4.69) is 41.5 Å². The van der Waals surface area contributed by atoms with E-state index in [1.807, 2.05) is 6.07 Å². The molecule has 0 atom stereocenters. The third-order valence-corrected chi connectivity index (χ3v) is 8.35. The molecule has 0 saturated heterocycles. The zero-order chi connectivity index (χ0) is 29.8. The van der Waals surface area contributed by atoms with Crippen LogP contribution in [0.15, 0.2) is 47.4 Å². The van der Waals surface area contributed by atoms with Crippen molar-refractivity contribution in [1.29, 1.82) is 0 Å². The van der Waals surface area contributed by atoms with Crippen LogP contribution in [0.5, 0.6) is 5.75 Å². The van der Waals surface area contributed by atoms with Crippen LogP contribution >= 0.6 is 0 Å². The van der Waals surface area contributed by atoms with Crippen LogP contribution in [-0.4, -0.2) is 69.9 Å². The van der Waals surface area contributed by atoms with Crippen molar-refractivity contribution < 1.29 is 30.7 Å². The van der Waals surface area contributed by atoms with Crippen LogP contribution in [-0.2, 0) is 16.4 Å². The zero-order valence-electron chi connectivity index (χ0n) is 23.2. The van der Waals surface area contributed by atoms with Crippen LogP contribution in [0.4, 0.5) is 28.9 Å². The van der Waals surface area contributed by atoms with Crippen molar-refractivity contribution in [3.63, 3.8) is 0 Å². The molecule has 0 bridgehead atoms. The molecule has 1 aliphatic rings. The minimum atomic E-state index is -4.45. The summed E-state index contributed by atoms with van der Waals surface area (Å²) >= 11 is 0. The fourth-order valence-electron chi connectivity index (χ4n) is 5.15. The molecule has 222 valence electrons. The number of benzene rings is 2. The van der Waals surface area contributed by atoms with Gasteiger partial charge in [-0.05, 0) is 76.0 Å². The highest BCUT2D eigenvalue weighted by atomic mass is 32.2. The van der Waals surface area contributed by atoms with Gasteiger partial charge in [-0.2, -0.15) is 13.2 Å². The molecule has 0 radical (unpaired) electrons. The lowest BCUT2D eigenvalue weighted by atomic mass is 9.90. The second kappa shape index (κ2) is 12.6. The van der Waals surface area contributed by atoms with Gasteiger partial charge in [0.15, 0.2) is 9.84 Å². The molecule has 2 N–H and O–H groups in total. The first-order chi connectivity index (χ1) is 19.4. The molecule has 3 aromatic rings. The monoisotopic (exact) mass is 594 g/mol. The molecule has 12 heteroatoms. The van der Waals surface area contributed by atoms with Gasteiger partial charge in [0.05, 0.1) is 28.3 Å². The molecule has 1 saturated carbocycles. The third-order valence-electron chi connectivity index (χ3n) is 7.24. The largest absolute Gasteiger partial charge is 0.461 e. The normalized spacial score (nSPS) is 17.8. The first kappa shape index (κ1) is 30.5. The summed E-state index contributed by atoms with van der Waals surface area (Å²) in [5.41, 5.74) is 1.71. The van der Waals surface area contributed by atoms with E-state index in [-0.39, 0.29) is 28.9 Å². The minimum absolute atomic E-state index is 0.00532. The van der Waals surface area contributed by atoms with E-state index in [9.17, 15) is 26.0 Å². The Balaban J connectivity index is 1.57. The van der Waals surface area contributed by atoms with Crippen molar-refractivity contribution in [2.24, 2.45) is 0 Å². The average molecular weight is 595 g/mol. The van der Waals surface area contributed by atoms with Gasteiger partial charge in [0.2, 0.25) is 6.86 Å². The molecule has 7 nitrogen and oxygen atoms in total. The number of nitrogens with one attached hydrogen (secondary N) is 2. The van der Waals surface area contributed by atoms with Gasteiger partial charge in [0.25, 0.3) is 0 Å². The standard InChI is InChI=1S/C29H34F4N4O3S/c1-36(2)21-11-9-20(10-12-21)35-25-7-4-8-27-24(25)16-22(37(27)18-29(31,32)33)6-5-15-34-26-14-13-23(41(3,38)39)17-28(26)40-19-30/h4,7-8,13-14,16-17,20-21,34-35H,9-12,15,18-19H2,1-3H3/t20-,21-. The summed E-state index contributed by atoms with van der Waals surface area (Å²) in [6.45, 7) is -2.36. The Morgan fingerprint density at radius 2 is 1.80 bits per heavy atom. The summed E-state index contributed by atoms with van der Waals surface area (Å²) in [7, 11) is 0.618. The van der Waals surface area contributed by atoms with E-state index in [0.717, 1.165) is 42.2 Å². The number of fused-ring (bicyclic) bond motifs is 1. The lowest BCUT2D eigenvalue weighted by Gasteiger charge is -2.33. The van der Waals surface area contributed by atoms with Gasteiger partial charge in [-0.25, -0.2) is 12.8 Å². The summed E-state index contributed by atoms with van der Waals surface area (Å²) in [5.74, 6) is 5.65. The quantitative estimate of drug-likeness (QED) is 0.246. The number of anilines is 2. The van der Waals surface area contributed by atoms with Crippen LogP contribution in [0.2, 0.25) is 0 Å². The van der Waals surface area contributed by atoms with Gasteiger partial charge in [-0.3, -0.25) is 0 Å². The number of halogens is 4. The van der Waals surface area contributed by atoms with Gasteiger partial charge >= 0.3 is 6.18 Å². The zero-order valence-corrected chi connectivity index (χ0v) is 24.0. The summed E-state index contributed by atoms with van der Waals surface area (Å²) in [4.78, 5) is 2.19. The Hall–Kier alpha value is -3.43. The fraction of sp³-hybridized carbons (Fsp3) is 0.448. The molecule has 4 rings (SSSR count). The lowest BCUT2D eigenvalue weighted by Crippen LogP contribution is -2.36. The van der Waals surface area contributed by atoms with Crippen molar-refractivity contribution in [3.05, 3.63) is 48.2 Å². The van der Waals surface area contributed by atoms with Crippen LogP contribution in [0.1, 0.15) is 31.4 Å². The van der Waals surface area contributed by atoms with Gasteiger partial charge < -0.3 is 24.8 Å². The van der Waals surface area contributed by atoms with Gasteiger partial charge in [-0.1, -0.05) is 12.0 Å². The number of sulfone groups is 1. The molecule has 1 aromatic heterocycles. The van der Waals surface area contributed by atoms with E-state index < -0.39 is 29.4 Å². The SMILES string of the molecule is CN(C)[C@H]1CC[C@H](Nc2cccc3c2cc(C#CCNc2ccc(S(C)(=O)=O)cc2OCF)n3CC(F)(F)F)CC1. The summed E-state index contributed by atoms with van der Waals surface area (Å²) < 4.78 is 83.3. The topological polar surface area (TPSA) is 75.6 Å². The maximum atomic E-state index is 13.6. The van der Waals surface area contributed by atoms with E-state index in [1.54, 1.807) is 18.2 Å². The molecular formula is C29H34F4N4O3S. The Labute approximate surface area is 237 Å². The minimum Gasteiger partial charge on any atom is -0.461 e. The molecule has 41 heavy (non-hydrogen) atoms. The van der Waals surface area contributed by atoms with Crippen LogP contribution in [0, 0.1) is 11.8 Å². The molecule has 0 aliphatic heterocycles. The highest BCUT2D eigenvalue weighted by Gasteiger charge is 2.30. The van der Waals surface area contributed by atoms with Crippen molar-refractivity contribution in [2.75, 3.05) is 44.4 Å². The van der Waals surface area contributed by atoms with Gasteiger partial charge in [-0.15, -0.1) is 0 Å². The van der Waals surface area contributed by atoms with Crippen molar-refractivity contribution in [1.82, 2.24) is 9.47 Å². The Morgan fingerprint density at radius 3 is 2.44 bits per heavy atom. The Morgan fingerprint density at radius 1 is 1.07 bits per heavy atom. The van der Waals surface area contributed by atoms with Crippen molar-refractivity contribution >= 4 is 32.1 Å². The summed E-state index contributed by atoms with van der Waals surface area (Å²) in [6.07, 6.45) is 0.620. The number of hydrogen-bond acceptors (Lipinski definition) is 6. The second-order valence-electron chi connectivity index (χ2n) is 10.4.